The average Bonchev–Trinajstić information content (AvgIpc) is 2.57. The molecule has 0 fully saturated rings. The van der Waals surface area contributed by atoms with E-state index in [2.05, 4.69) is 6.58 Å². The molecule has 0 spiro atoms. The van der Waals surface area contributed by atoms with E-state index in [9.17, 15) is 15.0 Å². The Balaban J connectivity index is 2.50. The van der Waals surface area contributed by atoms with Crippen LogP contribution in [0, 0.1) is 0 Å². The molecule has 7 heteroatoms. The smallest absolute Gasteiger partial charge is 0.328 e. The summed E-state index contributed by atoms with van der Waals surface area (Å²) in [5.74, 6) is -0.913. The van der Waals surface area contributed by atoms with Gasteiger partial charge in [-0.25, -0.2) is 4.79 Å². The second kappa shape index (κ2) is 10.6. The van der Waals surface area contributed by atoms with E-state index >= 15 is 0 Å². The van der Waals surface area contributed by atoms with Gasteiger partial charge in [0.15, 0.2) is 11.5 Å². The average molecular weight is 366 g/mol. The second-order valence-electron chi connectivity index (χ2n) is 6.04. The number of carbonyl (C=O) groups is 1. The number of hydrogen-bond acceptors (Lipinski definition) is 6. The molecule has 3 atom stereocenters. The van der Waals surface area contributed by atoms with Crippen LogP contribution in [0.3, 0.4) is 0 Å². The van der Waals surface area contributed by atoms with Crippen LogP contribution in [-0.2, 0) is 9.53 Å². The van der Waals surface area contributed by atoms with Gasteiger partial charge in [0.25, 0.3) is 0 Å². The van der Waals surface area contributed by atoms with Crippen LogP contribution in [0.25, 0.3) is 6.08 Å². The number of benzene rings is 1. The quantitative estimate of drug-likeness (QED) is 0.349. The van der Waals surface area contributed by atoms with Crippen LogP contribution in [0.15, 0.2) is 36.4 Å². The van der Waals surface area contributed by atoms with Gasteiger partial charge in [0.1, 0.15) is 12.7 Å². The molecule has 0 aliphatic heterocycles. The number of aliphatic carboxylic acids is 1. The van der Waals surface area contributed by atoms with E-state index in [-0.39, 0.29) is 30.8 Å². The molecule has 0 aliphatic carbocycles. The molecule has 4 N–H and O–H groups in total. The Morgan fingerprint density at radius 3 is 2.62 bits per heavy atom. The molecule has 0 radical (unpaired) electrons. The van der Waals surface area contributed by atoms with E-state index in [1.54, 1.807) is 19.1 Å². The maximum atomic E-state index is 10.5. The summed E-state index contributed by atoms with van der Waals surface area (Å²) >= 11 is 0. The van der Waals surface area contributed by atoms with Crippen LogP contribution in [-0.4, -0.2) is 57.9 Å². The number of aliphatic hydroxyl groups is 2. The monoisotopic (exact) mass is 366 g/mol. The molecule has 0 amide bonds. The van der Waals surface area contributed by atoms with E-state index in [1.807, 2.05) is 6.92 Å². The van der Waals surface area contributed by atoms with Crippen molar-refractivity contribution < 1.29 is 34.7 Å². The topological polar surface area (TPSA) is 116 Å². The summed E-state index contributed by atoms with van der Waals surface area (Å²) in [5, 5.41) is 36.9. The number of phenols is 1. The zero-order valence-corrected chi connectivity index (χ0v) is 15.0. The third-order valence-electron chi connectivity index (χ3n) is 3.59. The van der Waals surface area contributed by atoms with Crippen molar-refractivity contribution in [2.75, 3.05) is 13.2 Å². The number of aliphatic hydroxyl groups excluding tert-OH is 2. The number of aromatic hydroxyl groups is 1. The maximum Gasteiger partial charge on any atom is 0.328 e. The lowest BCUT2D eigenvalue weighted by Gasteiger charge is -2.23. The lowest BCUT2D eigenvalue weighted by atomic mass is 10.1. The van der Waals surface area contributed by atoms with Crippen molar-refractivity contribution in [2.24, 2.45) is 0 Å². The molecule has 1 aromatic rings. The molecule has 0 saturated heterocycles. The Morgan fingerprint density at radius 1 is 1.35 bits per heavy atom. The minimum absolute atomic E-state index is 0.102. The van der Waals surface area contributed by atoms with Crippen LogP contribution in [0.5, 0.6) is 11.5 Å². The van der Waals surface area contributed by atoms with Gasteiger partial charge in [-0.05, 0) is 49.6 Å². The highest BCUT2D eigenvalue weighted by molar-refractivity contribution is 5.85. The second-order valence-corrected chi connectivity index (χ2v) is 6.04. The molecule has 26 heavy (non-hydrogen) atoms. The van der Waals surface area contributed by atoms with Crippen LogP contribution in [0.2, 0.25) is 0 Å². The molecule has 0 saturated carbocycles. The lowest BCUT2D eigenvalue weighted by molar-refractivity contribution is -0.131. The first kappa shape index (κ1) is 21.7. The van der Waals surface area contributed by atoms with Crippen molar-refractivity contribution in [1.29, 1.82) is 0 Å². The van der Waals surface area contributed by atoms with Gasteiger partial charge in [0.2, 0.25) is 0 Å². The molecular weight excluding hydrogens is 340 g/mol. The third kappa shape index (κ3) is 7.69. The fourth-order valence-electron chi connectivity index (χ4n) is 2.23. The van der Waals surface area contributed by atoms with Gasteiger partial charge >= 0.3 is 5.97 Å². The summed E-state index contributed by atoms with van der Waals surface area (Å²) in [6.07, 6.45) is 1.17. The van der Waals surface area contributed by atoms with E-state index in [0.717, 1.165) is 11.6 Å². The Kier molecular flexibility index (Phi) is 8.84. The number of ether oxygens (including phenoxy) is 2. The van der Waals surface area contributed by atoms with Crippen molar-refractivity contribution in [3.05, 3.63) is 42.0 Å². The minimum Gasteiger partial charge on any atom is -0.504 e. The van der Waals surface area contributed by atoms with Gasteiger partial charge in [-0.2, -0.15) is 0 Å². The normalized spacial score (nSPS) is 14.8. The molecule has 0 heterocycles. The zero-order valence-electron chi connectivity index (χ0n) is 15.0. The highest BCUT2D eigenvalue weighted by Crippen LogP contribution is 2.28. The number of carboxylic acid groups (broad SMARTS) is 1. The van der Waals surface area contributed by atoms with Crippen molar-refractivity contribution in [1.82, 2.24) is 0 Å². The van der Waals surface area contributed by atoms with E-state index < -0.39 is 18.2 Å². The molecule has 0 aliphatic rings. The Morgan fingerprint density at radius 2 is 2.04 bits per heavy atom. The Bertz CT molecular complexity index is 639. The fourth-order valence-corrected chi connectivity index (χ4v) is 2.23. The Labute approximate surface area is 152 Å². The van der Waals surface area contributed by atoms with Gasteiger partial charge in [0, 0.05) is 6.08 Å². The van der Waals surface area contributed by atoms with Gasteiger partial charge < -0.3 is 29.9 Å². The minimum atomic E-state index is -1.07. The summed E-state index contributed by atoms with van der Waals surface area (Å²) in [7, 11) is 0. The highest BCUT2D eigenvalue weighted by atomic mass is 16.5. The predicted molar refractivity (Wildman–Crippen MR) is 97.1 cm³/mol. The Hall–Kier alpha value is -2.35. The maximum absolute atomic E-state index is 10.5. The molecule has 0 aromatic heterocycles. The van der Waals surface area contributed by atoms with E-state index in [0.29, 0.717) is 12.0 Å². The van der Waals surface area contributed by atoms with Crippen molar-refractivity contribution >= 4 is 12.0 Å². The fraction of sp³-hybridized carbons (Fsp3) is 0.421. The van der Waals surface area contributed by atoms with Crippen LogP contribution < -0.4 is 4.74 Å². The first-order chi connectivity index (χ1) is 12.2. The first-order valence-electron chi connectivity index (χ1n) is 8.20. The molecule has 1 aromatic carbocycles. The van der Waals surface area contributed by atoms with Crippen LogP contribution in [0.4, 0.5) is 0 Å². The molecule has 0 bridgehead atoms. The van der Waals surface area contributed by atoms with Crippen molar-refractivity contribution in [3.8, 4) is 11.5 Å². The number of rotatable bonds is 11. The van der Waals surface area contributed by atoms with Crippen LogP contribution >= 0.6 is 0 Å². The molecule has 144 valence electrons. The number of carboxylic acids is 1. The zero-order chi connectivity index (χ0) is 19.7. The number of phenolic OH excluding ortho intramolecular Hbond substituents is 1. The summed E-state index contributed by atoms with van der Waals surface area (Å²) in [5.41, 5.74) is 1.27. The third-order valence-corrected chi connectivity index (χ3v) is 3.59. The standard InChI is InChI=1S/C19H26O7/c1-12(8-13(2)26-14(3)17(22)10-20)11-25-18-6-4-15(9-16(18)21)5-7-19(23)24/h4-7,9,13-14,17,20-22H,1,8,10-11H2,2-3H3,(H,23,24)/b7-5+. The largest absolute Gasteiger partial charge is 0.504 e. The SMILES string of the molecule is C=C(COc1ccc(/C=C/C(=O)O)cc1O)CC(C)OC(C)C(O)CO. The summed E-state index contributed by atoms with van der Waals surface area (Å²) in [4.78, 5) is 10.5. The van der Waals surface area contributed by atoms with E-state index in [1.165, 1.54) is 12.1 Å². The number of hydrogen-bond donors (Lipinski definition) is 4. The molecular formula is C19H26O7. The molecule has 7 nitrogen and oxygen atoms in total. The predicted octanol–water partition coefficient (Wildman–Crippen LogP) is 1.96. The van der Waals surface area contributed by atoms with Gasteiger partial charge in [-0.15, -0.1) is 0 Å². The summed E-state index contributed by atoms with van der Waals surface area (Å²) in [6.45, 7) is 7.21. The molecule has 1 rings (SSSR count). The molecule has 3 unspecified atom stereocenters. The van der Waals surface area contributed by atoms with Gasteiger partial charge in [-0.1, -0.05) is 12.6 Å². The van der Waals surface area contributed by atoms with Crippen molar-refractivity contribution in [3.63, 3.8) is 0 Å². The lowest BCUT2D eigenvalue weighted by Crippen LogP contribution is -2.32. The van der Waals surface area contributed by atoms with E-state index in [4.69, 9.17) is 19.7 Å². The van der Waals surface area contributed by atoms with Crippen LogP contribution in [0.1, 0.15) is 25.8 Å². The van der Waals surface area contributed by atoms with Crippen molar-refractivity contribution in [2.45, 2.75) is 38.6 Å². The summed E-state index contributed by atoms with van der Waals surface area (Å²) in [6, 6.07) is 4.58. The highest BCUT2D eigenvalue weighted by Gasteiger charge is 2.17. The van der Waals surface area contributed by atoms with Gasteiger partial charge in [-0.3, -0.25) is 0 Å². The summed E-state index contributed by atoms with van der Waals surface area (Å²) < 4.78 is 11.1. The van der Waals surface area contributed by atoms with Gasteiger partial charge in [0.05, 0.1) is 18.8 Å². The first-order valence-corrected chi connectivity index (χ1v) is 8.20.